The fourth-order valence-electron chi connectivity index (χ4n) is 5.58. The highest BCUT2D eigenvalue weighted by molar-refractivity contribution is 6.08. The predicted molar refractivity (Wildman–Crippen MR) is 162 cm³/mol. The van der Waals surface area contributed by atoms with Crippen molar-refractivity contribution < 1.29 is 14.7 Å². The number of Topliss-reactive ketones (excluding diaryl/α,β-unsaturated/α-hetero) is 2. The number of ketones is 2. The average molecular weight is 527 g/mol. The standard InChI is InChI=1S/C36H46O3/c1-34(2,3)30-28(26(37)22-20-24-16-12-10-13-17-24)33(39)29(27(38)23-21-25-18-14-11-15-19-25)31(35(4,5)6)32(30)36(7,8)9/h10-19,39H,20-23H2,1-9H3. The summed E-state index contributed by atoms with van der Waals surface area (Å²) in [5.74, 6) is -0.386. The smallest absolute Gasteiger partial charge is 0.167 e. The lowest BCUT2D eigenvalue weighted by atomic mass is 9.64. The number of phenols is 1. The van der Waals surface area contributed by atoms with Gasteiger partial charge in [0.25, 0.3) is 0 Å². The van der Waals surface area contributed by atoms with Gasteiger partial charge in [0.15, 0.2) is 11.6 Å². The van der Waals surface area contributed by atoms with E-state index >= 15 is 0 Å². The molecule has 3 rings (SSSR count). The second-order valence-corrected chi connectivity index (χ2v) is 13.8. The minimum atomic E-state index is -0.427. The largest absolute Gasteiger partial charge is 0.506 e. The first-order chi connectivity index (χ1) is 18.0. The summed E-state index contributed by atoms with van der Waals surface area (Å²) in [6, 6.07) is 19.9. The molecule has 0 amide bonds. The highest BCUT2D eigenvalue weighted by Gasteiger charge is 2.40. The summed E-state index contributed by atoms with van der Waals surface area (Å²) in [6.45, 7) is 19.0. The lowest BCUT2D eigenvalue weighted by molar-refractivity contribution is 0.0974. The van der Waals surface area contributed by atoms with Gasteiger partial charge in [-0.2, -0.15) is 0 Å². The van der Waals surface area contributed by atoms with Crippen LogP contribution in [0.2, 0.25) is 0 Å². The summed E-state index contributed by atoms with van der Waals surface area (Å²) >= 11 is 0. The number of aromatic hydroxyl groups is 1. The Morgan fingerprint density at radius 3 is 1.13 bits per heavy atom. The molecule has 3 nitrogen and oxygen atoms in total. The van der Waals surface area contributed by atoms with Crippen molar-refractivity contribution in [1.82, 2.24) is 0 Å². The van der Waals surface area contributed by atoms with Crippen molar-refractivity contribution in [3.63, 3.8) is 0 Å². The Morgan fingerprint density at radius 1 is 0.538 bits per heavy atom. The summed E-state index contributed by atoms with van der Waals surface area (Å²) in [5, 5.41) is 12.0. The molecule has 0 unspecified atom stereocenters. The molecule has 0 heterocycles. The van der Waals surface area contributed by atoms with Crippen LogP contribution in [0.1, 0.15) is 124 Å². The van der Waals surface area contributed by atoms with Crippen LogP contribution in [0, 0.1) is 0 Å². The maximum atomic E-state index is 14.0. The number of rotatable bonds is 8. The highest BCUT2D eigenvalue weighted by Crippen LogP contribution is 2.49. The van der Waals surface area contributed by atoms with Gasteiger partial charge < -0.3 is 5.11 Å². The van der Waals surface area contributed by atoms with E-state index in [0.29, 0.717) is 24.0 Å². The van der Waals surface area contributed by atoms with E-state index in [0.717, 1.165) is 27.8 Å². The second-order valence-electron chi connectivity index (χ2n) is 13.8. The SMILES string of the molecule is CC(C)(C)c1c(C(=O)CCc2ccccc2)c(O)c(C(=O)CCc2ccccc2)c(C(C)(C)C)c1C(C)(C)C. The minimum absolute atomic E-state index is 0.121. The third-order valence-corrected chi connectivity index (χ3v) is 7.25. The Balaban J connectivity index is 2.29. The van der Waals surface area contributed by atoms with Gasteiger partial charge in [-0.05, 0) is 56.9 Å². The van der Waals surface area contributed by atoms with Crippen molar-refractivity contribution >= 4 is 11.6 Å². The van der Waals surface area contributed by atoms with Crippen LogP contribution >= 0.6 is 0 Å². The molecule has 0 aromatic heterocycles. The molecule has 0 fully saturated rings. The molecule has 0 aliphatic rings. The first-order valence-electron chi connectivity index (χ1n) is 14.1. The topological polar surface area (TPSA) is 54.4 Å². The third kappa shape index (κ3) is 7.06. The molecule has 3 aromatic carbocycles. The Morgan fingerprint density at radius 2 is 0.846 bits per heavy atom. The zero-order valence-electron chi connectivity index (χ0n) is 25.4. The Kier molecular flexibility index (Phi) is 8.95. The highest BCUT2D eigenvalue weighted by atomic mass is 16.3. The van der Waals surface area contributed by atoms with E-state index < -0.39 is 10.8 Å². The fourth-order valence-corrected chi connectivity index (χ4v) is 5.58. The third-order valence-electron chi connectivity index (χ3n) is 7.25. The van der Waals surface area contributed by atoms with Crippen molar-refractivity contribution in [2.45, 2.75) is 104 Å². The van der Waals surface area contributed by atoms with Crippen molar-refractivity contribution in [2.24, 2.45) is 0 Å². The zero-order chi connectivity index (χ0) is 29.2. The molecule has 0 radical (unpaired) electrons. The van der Waals surface area contributed by atoms with E-state index in [2.05, 4.69) is 62.3 Å². The van der Waals surface area contributed by atoms with Crippen molar-refractivity contribution in [1.29, 1.82) is 0 Å². The molecular weight excluding hydrogens is 480 g/mol. The number of phenolic OH excluding ortho intramolecular Hbond substituents is 1. The second kappa shape index (κ2) is 11.5. The summed E-state index contributed by atoms with van der Waals surface area (Å²) in [6.07, 6.45) is 1.67. The number of hydrogen-bond donors (Lipinski definition) is 1. The molecule has 0 aliphatic carbocycles. The molecule has 39 heavy (non-hydrogen) atoms. The number of hydrogen-bond acceptors (Lipinski definition) is 3. The molecule has 0 atom stereocenters. The van der Waals surface area contributed by atoms with E-state index in [1.54, 1.807) is 0 Å². The van der Waals surface area contributed by atoms with Crippen LogP contribution in [0.25, 0.3) is 0 Å². The van der Waals surface area contributed by atoms with Crippen LogP contribution in [0.4, 0.5) is 0 Å². The normalized spacial score (nSPS) is 12.4. The molecule has 0 aliphatic heterocycles. The lowest BCUT2D eigenvalue weighted by Crippen LogP contribution is -2.33. The molecule has 0 saturated heterocycles. The number of carbonyl (C=O) groups excluding carboxylic acids is 2. The Hall–Kier alpha value is -3.20. The quantitative estimate of drug-likeness (QED) is 0.298. The molecule has 0 bridgehead atoms. The van der Waals surface area contributed by atoms with Gasteiger partial charge in [-0.15, -0.1) is 0 Å². The maximum Gasteiger partial charge on any atom is 0.167 e. The van der Waals surface area contributed by atoms with Crippen LogP contribution in [-0.2, 0) is 29.1 Å². The number of carbonyl (C=O) groups is 2. The summed E-state index contributed by atoms with van der Waals surface area (Å²) in [4.78, 5) is 28.1. The molecule has 3 heteroatoms. The van der Waals surface area contributed by atoms with Gasteiger partial charge >= 0.3 is 0 Å². The predicted octanol–water partition coefficient (Wildman–Crippen LogP) is 8.92. The Bertz CT molecular complexity index is 1220. The monoisotopic (exact) mass is 526 g/mol. The van der Waals surface area contributed by atoms with Crippen LogP contribution in [-0.4, -0.2) is 16.7 Å². The lowest BCUT2D eigenvalue weighted by Gasteiger charge is -2.39. The van der Waals surface area contributed by atoms with Crippen molar-refractivity contribution in [3.05, 3.63) is 99.6 Å². The molecule has 3 aromatic rings. The van der Waals surface area contributed by atoms with Crippen LogP contribution in [0.3, 0.4) is 0 Å². The summed E-state index contributed by atoms with van der Waals surface area (Å²) in [5.41, 5.74) is 4.29. The maximum absolute atomic E-state index is 14.0. The van der Waals surface area contributed by atoms with Gasteiger partial charge in [-0.3, -0.25) is 9.59 Å². The first-order valence-corrected chi connectivity index (χ1v) is 14.1. The number of aryl methyl sites for hydroxylation is 2. The molecule has 0 spiro atoms. The zero-order valence-corrected chi connectivity index (χ0v) is 25.4. The summed E-state index contributed by atoms with van der Waals surface area (Å²) in [7, 11) is 0. The van der Waals surface area contributed by atoms with E-state index in [-0.39, 0.29) is 35.6 Å². The average Bonchev–Trinajstić information content (AvgIpc) is 2.84. The van der Waals surface area contributed by atoms with Gasteiger partial charge in [0, 0.05) is 12.8 Å². The van der Waals surface area contributed by atoms with Crippen LogP contribution < -0.4 is 0 Å². The van der Waals surface area contributed by atoms with Gasteiger partial charge in [0.2, 0.25) is 0 Å². The minimum Gasteiger partial charge on any atom is -0.506 e. The van der Waals surface area contributed by atoms with Gasteiger partial charge in [0.05, 0.1) is 11.1 Å². The van der Waals surface area contributed by atoms with E-state index in [9.17, 15) is 14.7 Å². The van der Waals surface area contributed by atoms with Crippen LogP contribution in [0.5, 0.6) is 5.75 Å². The van der Waals surface area contributed by atoms with E-state index in [4.69, 9.17) is 0 Å². The first kappa shape index (κ1) is 30.3. The van der Waals surface area contributed by atoms with Gasteiger partial charge in [0.1, 0.15) is 5.75 Å². The molecule has 1 N–H and O–H groups in total. The van der Waals surface area contributed by atoms with Crippen molar-refractivity contribution in [3.8, 4) is 5.75 Å². The van der Waals surface area contributed by atoms with Gasteiger partial charge in [-0.25, -0.2) is 0 Å². The fraction of sp³-hybridized carbons (Fsp3) is 0.444. The van der Waals surface area contributed by atoms with E-state index in [1.807, 2.05) is 60.7 Å². The van der Waals surface area contributed by atoms with E-state index in [1.165, 1.54) is 0 Å². The molecule has 208 valence electrons. The van der Waals surface area contributed by atoms with Crippen LogP contribution in [0.15, 0.2) is 60.7 Å². The Labute approximate surface area is 235 Å². The van der Waals surface area contributed by atoms with Gasteiger partial charge in [-0.1, -0.05) is 123 Å². The number of benzene rings is 3. The van der Waals surface area contributed by atoms with Crippen molar-refractivity contribution in [2.75, 3.05) is 0 Å². The molecular formula is C36H46O3. The summed E-state index contributed by atoms with van der Waals surface area (Å²) < 4.78 is 0. The molecule has 0 saturated carbocycles.